The average molecular weight is 479 g/mol. The van der Waals surface area contributed by atoms with Gasteiger partial charge in [0.2, 0.25) is 11.8 Å². The third-order valence-electron chi connectivity index (χ3n) is 5.44. The van der Waals surface area contributed by atoms with Crippen LogP contribution in [0.5, 0.6) is 0 Å². The second-order valence-electron chi connectivity index (χ2n) is 8.64. The Labute approximate surface area is 197 Å². The fourth-order valence-corrected chi connectivity index (χ4v) is 3.67. The number of carbonyl (C=O) groups excluding carboxylic acids is 5. The van der Waals surface area contributed by atoms with Crippen molar-refractivity contribution in [2.45, 2.75) is 51.6 Å². The van der Waals surface area contributed by atoms with Crippen molar-refractivity contribution in [1.82, 2.24) is 16.0 Å². The van der Waals surface area contributed by atoms with Crippen LogP contribution >= 0.6 is 0 Å². The van der Waals surface area contributed by atoms with Crippen molar-refractivity contribution in [3.63, 3.8) is 0 Å². The topological polar surface area (TPSA) is 154 Å². The van der Waals surface area contributed by atoms with Gasteiger partial charge in [0.15, 0.2) is 5.78 Å². The Kier molecular flexibility index (Phi) is 10.1. The van der Waals surface area contributed by atoms with E-state index in [9.17, 15) is 33.5 Å². The third kappa shape index (κ3) is 7.91. The first-order valence-electron chi connectivity index (χ1n) is 11.2. The largest absolute Gasteiger partial charge is 0.389 e. The molecule has 1 aromatic carbocycles. The molecule has 3 atom stereocenters. The molecule has 1 aromatic rings. The molecule has 0 bridgehead atoms. The fraction of sp³-hybridized carbons (Fsp3) is 0.522. The van der Waals surface area contributed by atoms with Crippen molar-refractivity contribution in [2.24, 2.45) is 11.8 Å². The standard InChI is InChI=1S/C23H31FN4O6/c1-13(2)10-18(28-23(34)22(33)26-16-8-4-3-7-15(16)24)21(32)27-17(19(30)12-29)11-14-6-5-9-25-20(14)31/h3-4,7-8,13-14,17-18,29H,5-6,9-12H2,1-2H3,(H,25,31)(H,26,33)(H,27,32)(H,28,34)/t14-,17-,18-/m0/s1. The van der Waals surface area contributed by atoms with Gasteiger partial charge in [-0.05, 0) is 43.7 Å². The molecule has 186 valence electrons. The maximum atomic E-state index is 13.8. The highest BCUT2D eigenvalue weighted by Gasteiger charge is 2.32. The number of benzene rings is 1. The smallest absolute Gasteiger partial charge is 0.313 e. The normalized spacial score (nSPS) is 17.3. The Morgan fingerprint density at radius 2 is 1.82 bits per heavy atom. The van der Waals surface area contributed by atoms with Gasteiger partial charge in [-0.15, -0.1) is 0 Å². The van der Waals surface area contributed by atoms with Crippen LogP contribution in [0.15, 0.2) is 24.3 Å². The molecule has 4 amide bonds. The average Bonchev–Trinajstić information content (AvgIpc) is 2.80. The molecule has 0 aliphatic carbocycles. The summed E-state index contributed by atoms with van der Waals surface area (Å²) in [6.07, 6.45) is 1.43. The Morgan fingerprint density at radius 1 is 1.12 bits per heavy atom. The first-order valence-corrected chi connectivity index (χ1v) is 11.2. The zero-order valence-electron chi connectivity index (χ0n) is 19.2. The highest BCUT2D eigenvalue weighted by atomic mass is 19.1. The van der Waals surface area contributed by atoms with Crippen LogP contribution in [-0.2, 0) is 24.0 Å². The molecular weight excluding hydrogens is 447 g/mol. The van der Waals surface area contributed by atoms with Gasteiger partial charge in [-0.2, -0.15) is 0 Å². The highest BCUT2D eigenvalue weighted by molar-refractivity contribution is 6.40. The number of piperidine rings is 1. The van der Waals surface area contributed by atoms with E-state index in [1.165, 1.54) is 18.2 Å². The zero-order valence-corrected chi connectivity index (χ0v) is 19.2. The van der Waals surface area contributed by atoms with E-state index in [2.05, 4.69) is 21.3 Å². The maximum Gasteiger partial charge on any atom is 0.313 e. The molecule has 0 radical (unpaired) electrons. The minimum atomic E-state index is -1.17. The molecule has 1 aliphatic rings. The van der Waals surface area contributed by atoms with Gasteiger partial charge in [0.25, 0.3) is 0 Å². The molecule has 0 spiro atoms. The van der Waals surface area contributed by atoms with E-state index in [0.29, 0.717) is 13.0 Å². The number of amides is 4. The van der Waals surface area contributed by atoms with Crippen LogP contribution in [0.2, 0.25) is 0 Å². The lowest BCUT2D eigenvalue weighted by atomic mass is 9.90. The van der Waals surface area contributed by atoms with E-state index in [-0.39, 0.29) is 30.4 Å². The second kappa shape index (κ2) is 12.8. The molecule has 1 fully saturated rings. The number of hydrogen-bond donors (Lipinski definition) is 5. The van der Waals surface area contributed by atoms with Crippen LogP contribution in [0, 0.1) is 17.7 Å². The van der Waals surface area contributed by atoms with Crippen LogP contribution in [0.25, 0.3) is 0 Å². The van der Waals surface area contributed by atoms with Crippen molar-refractivity contribution in [2.75, 3.05) is 18.5 Å². The maximum absolute atomic E-state index is 13.8. The van der Waals surface area contributed by atoms with E-state index < -0.39 is 53.9 Å². The number of halogens is 1. The lowest BCUT2D eigenvalue weighted by molar-refractivity contribution is -0.138. The summed E-state index contributed by atoms with van der Waals surface area (Å²) in [5.74, 6) is -5.23. The van der Waals surface area contributed by atoms with Crippen LogP contribution in [0.3, 0.4) is 0 Å². The van der Waals surface area contributed by atoms with Gasteiger partial charge >= 0.3 is 11.8 Å². The zero-order chi connectivity index (χ0) is 25.3. The number of aliphatic hydroxyl groups is 1. The summed E-state index contributed by atoms with van der Waals surface area (Å²) in [5.41, 5.74) is -0.188. The lowest BCUT2D eigenvalue weighted by Gasteiger charge is -2.27. The summed E-state index contributed by atoms with van der Waals surface area (Å²) in [6, 6.07) is 3.00. The van der Waals surface area contributed by atoms with Gasteiger partial charge in [-0.25, -0.2) is 4.39 Å². The molecule has 10 nitrogen and oxygen atoms in total. The van der Waals surface area contributed by atoms with Gasteiger partial charge in [0.1, 0.15) is 18.5 Å². The number of hydrogen-bond acceptors (Lipinski definition) is 6. The predicted molar refractivity (Wildman–Crippen MR) is 121 cm³/mol. The molecule has 1 heterocycles. The fourth-order valence-electron chi connectivity index (χ4n) is 3.67. The molecule has 34 heavy (non-hydrogen) atoms. The number of anilines is 1. The van der Waals surface area contributed by atoms with Gasteiger partial charge in [-0.3, -0.25) is 24.0 Å². The van der Waals surface area contributed by atoms with Gasteiger partial charge in [-0.1, -0.05) is 26.0 Å². The highest BCUT2D eigenvalue weighted by Crippen LogP contribution is 2.18. The number of rotatable bonds is 10. The van der Waals surface area contributed by atoms with Crippen LogP contribution in [-0.4, -0.2) is 59.8 Å². The Balaban J connectivity index is 2.08. The van der Waals surface area contributed by atoms with Gasteiger partial charge < -0.3 is 26.4 Å². The minimum Gasteiger partial charge on any atom is -0.389 e. The molecule has 2 rings (SSSR count). The minimum absolute atomic E-state index is 0.00703. The number of ketones is 1. The van der Waals surface area contributed by atoms with Gasteiger partial charge in [0.05, 0.1) is 11.7 Å². The van der Waals surface area contributed by atoms with E-state index >= 15 is 0 Å². The van der Waals surface area contributed by atoms with E-state index in [4.69, 9.17) is 0 Å². The number of aliphatic hydroxyl groups excluding tert-OH is 1. The Hall–Kier alpha value is -3.34. The second-order valence-corrected chi connectivity index (χ2v) is 8.64. The number of carbonyl (C=O) groups is 5. The van der Waals surface area contributed by atoms with E-state index in [0.717, 1.165) is 12.5 Å². The molecule has 1 saturated heterocycles. The molecule has 1 aliphatic heterocycles. The molecule has 0 saturated carbocycles. The van der Waals surface area contributed by atoms with Crippen molar-refractivity contribution in [3.05, 3.63) is 30.1 Å². The van der Waals surface area contributed by atoms with Crippen molar-refractivity contribution in [3.8, 4) is 0 Å². The number of para-hydroxylation sites is 1. The van der Waals surface area contributed by atoms with Crippen LogP contribution < -0.4 is 21.3 Å². The van der Waals surface area contributed by atoms with Crippen LogP contribution in [0.4, 0.5) is 10.1 Å². The summed E-state index contributed by atoms with van der Waals surface area (Å²) in [4.78, 5) is 61.9. The van der Waals surface area contributed by atoms with Crippen molar-refractivity contribution >= 4 is 35.1 Å². The molecule has 0 aromatic heterocycles. The summed E-state index contributed by atoms with van der Waals surface area (Å²) in [7, 11) is 0. The molecule has 0 unspecified atom stereocenters. The van der Waals surface area contributed by atoms with Crippen molar-refractivity contribution in [1.29, 1.82) is 0 Å². The third-order valence-corrected chi connectivity index (χ3v) is 5.44. The summed E-state index contributed by atoms with van der Waals surface area (Å²) in [5, 5.41) is 19.0. The SMILES string of the molecule is CC(C)C[C@H](NC(=O)C(=O)Nc1ccccc1F)C(=O)N[C@@H](C[C@@H]1CCCNC1=O)C(=O)CO. The number of Topliss-reactive ketones (excluding diaryl/α,β-unsaturated/α-hetero) is 1. The Morgan fingerprint density at radius 3 is 2.44 bits per heavy atom. The van der Waals surface area contributed by atoms with Crippen molar-refractivity contribution < 1.29 is 33.5 Å². The monoisotopic (exact) mass is 478 g/mol. The lowest BCUT2D eigenvalue weighted by Crippen LogP contribution is -2.55. The van der Waals surface area contributed by atoms with Crippen LogP contribution in [0.1, 0.15) is 39.5 Å². The first kappa shape index (κ1) is 26.9. The molecule has 5 N–H and O–H groups in total. The summed E-state index contributed by atoms with van der Waals surface area (Å²) >= 11 is 0. The van der Waals surface area contributed by atoms with E-state index in [1.54, 1.807) is 13.8 Å². The molecular formula is C23H31FN4O6. The quantitative estimate of drug-likeness (QED) is 0.304. The summed E-state index contributed by atoms with van der Waals surface area (Å²) in [6.45, 7) is 3.31. The molecule has 11 heteroatoms. The first-order chi connectivity index (χ1) is 16.1. The summed E-state index contributed by atoms with van der Waals surface area (Å²) < 4.78 is 13.8. The van der Waals surface area contributed by atoms with Gasteiger partial charge in [0, 0.05) is 12.5 Å². The van der Waals surface area contributed by atoms with E-state index in [1.807, 2.05) is 0 Å². The number of nitrogens with one attached hydrogen (secondary N) is 4. The Bertz CT molecular complexity index is 922. The predicted octanol–water partition coefficient (Wildman–Crippen LogP) is 0.258.